The zero-order chi connectivity index (χ0) is 17.7. The highest BCUT2D eigenvalue weighted by atomic mass is 35.5. The van der Waals surface area contributed by atoms with Gasteiger partial charge in [0.05, 0.1) is 5.02 Å². The number of hydrogen-bond acceptors (Lipinski definition) is 2. The quantitative estimate of drug-likeness (QED) is 0.848. The van der Waals surface area contributed by atoms with E-state index in [0.29, 0.717) is 16.8 Å². The molecule has 0 spiro atoms. The molecule has 0 saturated heterocycles. The monoisotopic (exact) mass is 348 g/mol. The van der Waals surface area contributed by atoms with Crippen LogP contribution in [0.4, 0.5) is 10.1 Å². The average Bonchev–Trinajstić information content (AvgIpc) is 2.58. The van der Waals surface area contributed by atoms with E-state index in [2.05, 4.69) is 10.6 Å². The van der Waals surface area contributed by atoms with Crippen molar-refractivity contribution >= 4 is 29.1 Å². The maximum absolute atomic E-state index is 13.1. The zero-order valence-corrected chi connectivity index (χ0v) is 14.2. The van der Waals surface area contributed by atoms with Crippen molar-refractivity contribution in [2.45, 2.75) is 26.3 Å². The molecule has 0 fully saturated rings. The fourth-order valence-electron chi connectivity index (χ4n) is 1.96. The van der Waals surface area contributed by atoms with Crippen molar-refractivity contribution in [1.29, 1.82) is 0 Å². The molecule has 0 aromatic heterocycles. The standard InChI is InChI=1S/C18H18ClFN2O2/c1-3-11(2)21-17(23)12-4-6-13(7-5-12)18(24)22-14-8-9-16(20)15(19)10-14/h4-11H,3H2,1-2H3,(H,21,23)(H,22,24). The third-order valence-corrected chi connectivity index (χ3v) is 3.87. The first kappa shape index (κ1) is 17.9. The topological polar surface area (TPSA) is 58.2 Å². The Balaban J connectivity index is 2.05. The maximum Gasteiger partial charge on any atom is 0.255 e. The lowest BCUT2D eigenvalue weighted by Gasteiger charge is -2.11. The highest BCUT2D eigenvalue weighted by molar-refractivity contribution is 6.31. The SMILES string of the molecule is CCC(C)NC(=O)c1ccc(C(=O)Nc2ccc(F)c(Cl)c2)cc1. The number of hydrogen-bond donors (Lipinski definition) is 2. The summed E-state index contributed by atoms with van der Waals surface area (Å²) in [4.78, 5) is 24.2. The second-order valence-corrected chi connectivity index (χ2v) is 5.85. The van der Waals surface area contributed by atoms with E-state index in [1.165, 1.54) is 18.2 Å². The molecule has 2 amide bonds. The van der Waals surface area contributed by atoms with E-state index in [0.717, 1.165) is 6.42 Å². The number of carbonyl (C=O) groups excluding carboxylic acids is 2. The van der Waals surface area contributed by atoms with Gasteiger partial charge >= 0.3 is 0 Å². The van der Waals surface area contributed by atoms with Gasteiger partial charge in [-0.2, -0.15) is 0 Å². The van der Waals surface area contributed by atoms with Gasteiger partial charge in [-0.3, -0.25) is 9.59 Å². The molecule has 0 saturated carbocycles. The van der Waals surface area contributed by atoms with Crippen LogP contribution >= 0.6 is 11.6 Å². The summed E-state index contributed by atoms with van der Waals surface area (Å²) in [5, 5.41) is 5.42. The Bertz CT molecular complexity index is 747. The Morgan fingerprint density at radius 3 is 2.21 bits per heavy atom. The predicted molar refractivity (Wildman–Crippen MR) is 93.0 cm³/mol. The van der Waals surface area contributed by atoms with Gasteiger partial charge in [0, 0.05) is 22.9 Å². The summed E-state index contributed by atoms with van der Waals surface area (Å²) in [5.74, 6) is -1.10. The fraction of sp³-hybridized carbons (Fsp3) is 0.222. The second kappa shape index (κ2) is 7.93. The van der Waals surface area contributed by atoms with Gasteiger partial charge in [0.1, 0.15) is 5.82 Å². The van der Waals surface area contributed by atoms with E-state index in [4.69, 9.17) is 11.6 Å². The molecule has 2 rings (SSSR count). The van der Waals surface area contributed by atoms with Crippen LogP contribution in [0.25, 0.3) is 0 Å². The molecule has 0 aliphatic carbocycles. The number of amides is 2. The Kier molecular flexibility index (Phi) is 5.93. The van der Waals surface area contributed by atoms with Crippen molar-refractivity contribution in [2.24, 2.45) is 0 Å². The van der Waals surface area contributed by atoms with Crippen LogP contribution in [0.3, 0.4) is 0 Å². The number of halogens is 2. The van der Waals surface area contributed by atoms with E-state index in [-0.39, 0.29) is 22.9 Å². The minimum atomic E-state index is -0.550. The molecule has 1 atom stereocenters. The summed E-state index contributed by atoms with van der Waals surface area (Å²) >= 11 is 5.68. The minimum Gasteiger partial charge on any atom is -0.350 e. The number of anilines is 1. The van der Waals surface area contributed by atoms with Crippen molar-refractivity contribution in [3.8, 4) is 0 Å². The molecule has 0 radical (unpaired) electrons. The summed E-state index contributed by atoms with van der Waals surface area (Å²) in [5.41, 5.74) is 1.26. The van der Waals surface area contributed by atoms with Crippen molar-refractivity contribution in [2.75, 3.05) is 5.32 Å². The number of benzene rings is 2. The second-order valence-electron chi connectivity index (χ2n) is 5.44. The van der Waals surface area contributed by atoms with Gasteiger partial charge in [-0.25, -0.2) is 4.39 Å². The van der Waals surface area contributed by atoms with E-state index in [1.54, 1.807) is 24.3 Å². The van der Waals surface area contributed by atoms with Gasteiger partial charge in [0.25, 0.3) is 11.8 Å². The van der Waals surface area contributed by atoms with Gasteiger partial charge in [0.2, 0.25) is 0 Å². The Morgan fingerprint density at radius 2 is 1.67 bits per heavy atom. The molecule has 2 aromatic carbocycles. The highest BCUT2D eigenvalue weighted by Gasteiger charge is 2.11. The molecular formula is C18H18ClFN2O2. The summed E-state index contributed by atoms with van der Waals surface area (Å²) < 4.78 is 13.1. The molecule has 0 aliphatic heterocycles. The van der Waals surface area contributed by atoms with Crippen LogP contribution in [0.15, 0.2) is 42.5 Å². The van der Waals surface area contributed by atoms with Crippen LogP contribution in [-0.4, -0.2) is 17.9 Å². The number of nitrogens with one attached hydrogen (secondary N) is 2. The molecule has 6 heteroatoms. The zero-order valence-electron chi connectivity index (χ0n) is 13.4. The van der Waals surface area contributed by atoms with Crippen LogP contribution in [0.1, 0.15) is 41.0 Å². The van der Waals surface area contributed by atoms with Gasteiger partial charge in [-0.05, 0) is 55.8 Å². The molecular weight excluding hydrogens is 331 g/mol. The van der Waals surface area contributed by atoms with Crippen LogP contribution in [0, 0.1) is 5.82 Å². The molecule has 4 nitrogen and oxygen atoms in total. The molecule has 24 heavy (non-hydrogen) atoms. The predicted octanol–water partition coefficient (Wildman–Crippen LogP) is 4.26. The summed E-state index contributed by atoms with van der Waals surface area (Å²) in [6.45, 7) is 3.91. The smallest absolute Gasteiger partial charge is 0.255 e. The van der Waals surface area contributed by atoms with E-state index < -0.39 is 5.82 Å². The Morgan fingerprint density at radius 1 is 1.08 bits per heavy atom. The van der Waals surface area contributed by atoms with Gasteiger partial charge in [-0.1, -0.05) is 18.5 Å². The summed E-state index contributed by atoms with van der Waals surface area (Å²) in [6, 6.07) is 10.3. The lowest BCUT2D eigenvalue weighted by atomic mass is 10.1. The first-order valence-corrected chi connectivity index (χ1v) is 7.95. The van der Waals surface area contributed by atoms with Gasteiger partial charge in [-0.15, -0.1) is 0 Å². The van der Waals surface area contributed by atoms with Crippen LogP contribution in [-0.2, 0) is 0 Å². The van der Waals surface area contributed by atoms with Crippen molar-refractivity contribution in [3.05, 3.63) is 64.4 Å². The lowest BCUT2D eigenvalue weighted by Crippen LogP contribution is -2.31. The third kappa shape index (κ3) is 4.55. The average molecular weight is 349 g/mol. The normalized spacial score (nSPS) is 11.7. The van der Waals surface area contributed by atoms with Gasteiger partial charge < -0.3 is 10.6 Å². The fourth-order valence-corrected chi connectivity index (χ4v) is 2.14. The molecule has 0 heterocycles. The van der Waals surface area contributed by atoms with Crippen molar-refractivity contribution < 1.29 is 14.0 Å². The van der Waals surface area contributed by atoms with Gasteiger partial charge in [0.15, 0.2) is 0 Å². The summed E-state index contributed by atoms with van der Waals surface area (Å²) in [6.07, 6.45) is 0.840. The molecule has 126 valence electrons. The van der Waals surface area contributed by atoms with E-state index in [9.17, 15) is 14.0 Å². The number of rotatable bonds is 5. The Hall–Kier alpha value is -2.40. The molecule has 0 bridgehead atoms. The minimum absolute atomic E-state index is 0.0649. The number of carbonyl (C=O) groups is 2. The molecule has 0 aliphatic rings. The van der Waals surface area contributed by atoms with E-state index >= 15 is 0 Å². The Labute approximate surface area is 145 Å². The molecule has 2 aromatic rings. The van der Waals surface area contributed by atoms with Crippen LogP contribution < -0.4 is 10.6 Å². The first-order valence-electron chi connectivity index (χ1n) is 7.58. The molecule has 2 N–H and O–H groups in total. The third-order valence-electron chi connectivity index (χ3n) is 3.58. The first-order chi connectivity index (χ1) is 11.4. The van der Waals surface area contributed by atoms with Crippen LogP contribution in [0.5, 0.6) is 0 Å². The largest absolute Gasteiger partial charge is 0.350 e. The lowest BCUT2D eigenvalue weighted by molar-refractivity contribution is 0.0937. The van der Waals surface area contributed by atoms with Crippen molar-refractivity contribution in [1.82, 2.24) is 5.32 Å². The van der Waals surface area contributed by atoms with Crippen molar-refractivity contribution in [3.63, 3.8) is 0 Å². The molecule has 1 unspecified atom stereocenters. The highest BCUT2D eigenvalue weighted by Crippen LogP contribution is 2.20. The van der Waals surface area contributed by atoms with E-state index in [1.807, 2.05) is 13.8 Å². The van der Waals surface area contributed by atoms with Crippen LogP contribution in [0.2, 0.25) is 5.02 Å². The maximum atomic E-state index is 13.1. The summed E-state index contributed by atoms with van der Waals surface area (Å²) in [7, 11) is 0.